The average molecular weight is 357 g/mol. The molecule has 1 aromatic rings. The summed E-state index contributed by atoms with van der Waals surface area (Å²) in [6.07, 6.45) is 5.13. The normalized spacial score (nSPS) is 26.5. The van der Waals surface area contributed by atoms with Crippen molar-refractivity contribution in [2.24, 2.45) is 17.6 Å². The Morgan fingerprint density at radius 2 is 1.81 bits per heavy atom. The number of nitrogens with one attached hydrogen (secondary N) is 1. The van der Waals surface area contributed by atoms with Crippen molar-refractivity contribution < 1.29 is 9.59 Å². The largest absolute Gasteiger partial charge is 0.326 e. The molecule has 0 radical (unpaired) electrons. The summed E-state index contributed by atoms with van der Waals surface area (Å²) >= 11 is 0. The molecule has 5 heteroatoms. The van der Waals surface area contributed by atoms with Crippen LogP contribution in [-0.4, -0.2) is 34.8 Å². The van der Waals surface area contributed by atoms with E-state index in [1.165, 1.54) is 6.42 Å². The first kappa shape index (κ1) is 18.9. The third-order valence-electron chi connectivity index (χ3n) is 5.97. The van der Waals surface area contributed by atoms with Gasteiger partial charge in [-0.05, 0) is 50.2 Å². The monoisotopic (exact) mass is 357 g/mol. The van der Waals surface area contributed by atoms with Crippen LogP contribution in [0.4, 0.5) is 5.69 Å². The van der Waals surface area contributed by atoms with Crippen molar-refractivity contribution in [1.29, 1.82) is 0 Å². The van der Waals surface area contributed by atoms with E-state index in [1.807, 2.05) is 49.9 Å². The van der Waals surface area contributed by atoms with Crippen LogP contribution in [0.25, 0.3) is 0 Å². The molecule has 1 aliphatic carbocycles. The van der Waals surface area contributed by atoms with Crippen LogP contribution >= 0.6 is 0 Å². The molecule has 0 spiro atoms. The third kappa shape index (κ3) is 3.78. The molecule has 3 rings (SSSR count). The average Bonchev–Trinajstić information content (AvgIpc) is 3.02. The smallest absolute Gasteiger partial charge is 0.247 e. The lowest BCUT2D eigenvalue weighted by Gasteiger charge is -2.35. The Hall–Kier alpha value is -1.88. The van der Waals surface area contributed by atoms with Crippen molar-refractivity contribution in [3.63, 3.8) is 0 Å². The summed E-state index contributed by atoms with van der Waals surface area (Å²) in [4.78, 5) is 27.9. The maximum atomic E-state index is 13.1. The maximum absolute atomic E-state index is 13.1. The van der Waals surface area contributed by atoms with E-state index in [0.717, 1.165) is 36.9 Å². The summed E-state index contributed by atoms with van der Waals surface area (Å²) in [6, 6.07) is 6.95. The molecule has 0 unspecified atom stereocenters. The molecule has 142 valence electrons. The number of hydrogen-bond donors (Lipinski definition) is 2. The van der Waals surface area contributed by atoms with Crippen LogP contribution in [0.2, 0.25) is 0 Å². The second-order valence-corrected chi connectivity index (χ2v) is 8.23. The fraction of sp³-hybridized carbons (Fsp3) is 0.619. The lowest BCUT2D eigenvalue weighted by Crippen LogP contribution is -2.54. The van der Waals surface area contributed by atoms with E-state index >= 15 is 0 Å². The number of likely N-dealkylation sites (tertiary alicyclic amines) is 1. The summed E-state index contributed by atoms with van der Waals surface area (Å²) in [5.41, 5.74) is 8.09. The van der Waals surface area contributed by atoms with E-state index in [-0.39, 0.29) is 23.8 Å². The summed E-state index contributed by atoms with van der Waals surface area (Å²) in [7, 11) is 0. The van der Waals surface area contributed by atoms with Gasteiger partial charge >= 0.3 is 0 Å². The Bertz CT molecular complexity index is 656. The molecular weight excluding hydrogens is 326 g/mol. The number of hydrogen-bond acceptors (Lipinski definition) is 3. The number of rotatable bonds is 4. The highest BCUT2D eigenvalue weighted by Crippen LogP contribution is 2.40. The fourth-order valence-electron chi connectivity index (χ4n) is 4.33. The lowest BCUT2D eigenvalue weighted by molar-refractivity contribution is -0.141. The van der Waals surface area contributed by atoms with Gasteiger partial charge in [0.15, 0.2) is 0 Å². The van der Waals surface area contributed by atoms with Crippen LogP contribution < -0.4 is 11.1 Å². The van der Waals surface area contributed by atoms with Gasteiger partial charge < -0.3 is 16.0 Å². The SMILES string of the molecule is Cc1ccc(NC(=O)[C@@H]2C[C@@H]3CCCC[C@@H]3N2C(=O)[C@@H](N)C(C)C)cc1. The maximum Gasteiger partial charge on any atom is 0.247 e. The van der Waals surface area contributed by atoms with Crippen molar-refractivity contribution in [2.75, 3.05) is 5.32 Å². The molecule has 0 aromatic heterocycles. The van der Waals surface area contributed by atoms with Crippen LogP contribution in [0, 0.1) is 18.8 Å². The molecule has 1 aliphatic heterocycles. The Balaban J connectivity index is 1.81. The van der Waals surface area contributed by atoms with Gasteiger partial charge in [0.05, 0.1) is 6.04 Å². The third-order valence-corrected chi connectivity index (χ3v) is 5.97. The summed E-state index contributed by atoms with van der Waals surface area (Å²) in [6.45, 7) is 5.93. The summed E-state index contributed by atoms with van der Waals surface area (Å²) in [5.74, 6) is 0.317. The molecule has 0 bridgehead atoms. The quantitative estimate of drug-likeness (QED) is 0.869. The van der Waals surface area contributed by atoms with Crippen LogP contribution in [0.1, 0.15) is 51.5 Å². The van der Waals surface area contributed by atoms with Gasteiger partial charge in [-0.1, -0.05) is 44.4 Å². The minimum atomic E-state index is -0.551. The van der Waals surface area contributed by atoms with Gasteiger partial charge in [-0.25, -0.2) is 0 Å². The number of carbonyl (C=O) groups is 2. The highest BCUT2D eigenvalue weighted by molar-refractivity contribution is 5.98. The van der Waals surface area contributed by atoms with Crippen molar-refractivity contribution in [2.45, 2.75) is 71.0 Å². The molecule has 1 saturated carbocycles. The Labute approximate surface area is 156 Å². The van der Waals surface area contributed by atoms with Gasteiger partial charge in [-0.2, -0.15) is 0 Å². The van der Waals surface area contributed by atoms with Crippen LogP contribution in [0.3, 0.4) is 0 Å². The zero-order valence-corrected chi connectivity index (χ0v) is 16.1. The number of fused-ring (bicyclic) bond motifs is 1. The number of nitrogens with two attached hydrogens (primary N) is 1. The number of amides is 2. The van der Waals surface area contributed by atoms with Crippen molar-refractivity contribution in [3.8, 4) is 0 Å². The van der Waals surface area contributed by atoms with E-state index in [1.54, 1.807) is 0 Å². The van der Waals surface area contributed by atoms with E-state index in [0.29, 0.717) is 5.92 Å². The van der Waals surface area contributed by atoms with Gasteiger partial charge in [-0.15, -0.1) is 0 Å². The number of carbonyl (C=O) groups excluding carboxylic acids is 2. The number of anilines is 1. The molecule has 3 N–H and O–H groups in total. The van der Waals surface area contributed by atoms with Gasteiger partial charge in [0.2, 0.25) is 11.8 Å². The molecule has 2 fully saturated rings. The topological polar surface area (TPSA) is 75.4 Å². The first-order valence-corrected chi connectivity index (χ1v) is 9.83. The lowest BCUT2D eigenvalue weighted by atomic mass is 9.84. The standard InChI is InChI=1S/C21H31N3O2/c1-13(2)19(22)21(26)24-17-7-5-4-6-15(17)12-18(24)20(25)23-16-10-8-14(3)9-11-16/h8-11,13,15,17-19H,4-7,12,22H2,1-3H3,(H,23,25)/t15-,17-,18-,19-/m0/s1. The highest BCUT2D eigenvalue weighted by Gasteiger charge is 2.48. The van der Waals surface area contributed by atoms with Gasteiger partial charge in [-0.3, -0.25) is 9.59 Å². The zero-order valence-electron chi connectivity index (χ0n) is 16.1. The second-order valence-electron chi connectivity index (χ2n) is 8.23. The molecule has 5 nitrogen and oxygen atoms in total. The molecule has 2 amide bonds. The molecule has 2 aliphatic rings. The molecular formula is C21H31N3O2. The van der Waals surface area contributed by atoms with Gasteiger partial charge in [0.1, 0.15) is 6.04 Å². The van der Waals surface area contributed by atoms with E-state index in [9.17, 15) is 9.59 Å². The molecule has 1 aromatic carbocycles. The second kappa shape index (κ2) is 7.78. The fourth-order valence-corrected chi connectivity index (χ4v) is 4.33. The van der Waals surface area contributed by atoms with E-state index in [4.69, 9.17) is 5.73 Å². The molecule has 4 atom stereocenters. The highest BCUT2D eigenvalue weighted by atomic mass is 16.2. The zero-order chi connectivity index (χ0) is 18.8. The number of benzene rings is 1. The van der Waals surface area contributed by atoms with E-state index in [2.05, 4.69) is 5.32 Å². The molecule has 26 heavy (non-hydrogen) atoms. The van der Waals surface area contributed by atoms with E-state index < -0.39 is 12.1 Å². The molecule has 1 heterocycles. The van der Waals surface area contributed by atoms with Crippen molar-refractivity contribution >= 4 is 17.5 Å². The Morgan fingerprint density at radius 1 is 1.15 bits per heavy atom. The number of aryl methyl sites for hydroxylation is 1. The first-order valence-electron chi connectivity index (χ1n) is 9.83. The number of nitrogens with zero attached hydrogens (tertiary/aromatic N) is 1. The minimum absolute atomic E-state index is 0.0611. The molecule has 1 saturated heterocycles. The predicted octanol–water partition coefficient (Wildman–Crippen LogP) is 3.08. The Kier molecular flexibility index (Phi) is 5.66. The Morgan fingerprint density at radius 3 is 2.46 bits per heavy atom. The van der Waals surface area contributed by atoms with Crippen LogP contribution in [-0.2, 0) is 9.59 Å². The predicted molar refractivity (Wildman–Crippen MR) is 104 cm³/mol. The van der Waals surface area contributed by atoms with Gasteiger partial charge in [0.25, 0.3) is 0 Å². The van der Waals surface area contributed by atoms with Crippen LogP contribution in [0.15, 0.2) is 24.3 Å². The minimum Gasteiger partial charge on any atom is -0.326 e. The first-order chi connectivity index (χ1) is 12.4. The van der Waals surface area contributed by atoms with Crippen molar-refractivity contribution in [1.82, 2.24) is 4.90 Å². The van der Waals surface area contributed by atoms with Crippen molar-refractivity contribution in [3.05, 3.63) is 29.8 Å². The summed E-state index contributed by atoms with van der Waals surface area (Å²) < 4.78 is 0. The summed E-state index contributed by atoms with van der Waals surface area (Å²) in [5, 5.41) is 3.00. The van der Waals surface area contributed by atoms with Gasteiger partial charge in [0, 0.05) is 11.7 Å². The van der Waals surface area contributed by atoms with Crippen LogP contribution in [0.5, 0.6) is 0 Å².